The van der Waals surface area contributed by atoms with Gasteiger partial charge in [-0.05, 0) is 39.4 Å². The first-order valence-corrected chi connectivity index (χ1v) is 7.95. The van der Waals surface area contributed by atoms with Crippen molar-refractivity contribution in [2.75, 3.05) is 20.6 Å². The topological polar surface area (TPSA) is 15.3 Å². The predicted molar refractivity (Wildman–Crippen MR) is 89.1 cm³/mol. The Bertz CT molecular complexity index is 383. The Morgan fingerprint density at radius 3 is 2.30 bits per heavy atom. The van der Waals surface area contributed by atoms with Crippen LogP contribution >= 0.6 is 0 Å². The van der Waals surface area contributed by atoms with Gasteiger partial charge in [-0.1, -0.05) is 56.5 Å². The molecule has 20 heavy (non-hydrogen) atoms. The molecule has 0 saturated heterocycles. The minimum Gasteiger partial charge on any atom is -0.309 e. The molecule has 2 heteroatoms. The minimum atomic E-state index is 0.409. The summed E-state index contributed by atoms with van der Waals surface area (Å²) in [6.45, 7) is 10.1. The summed E-state index contributed by atoms with van der Waals surface area (Å²) in [6.07, 6.45) is 2.50. The number of nitrogens with zero attached hydrogens (tertiary/aromatic N) is 1. The Morgan fingerprint density at radius 1 is 1.15 bits per heavy atom. The molecule has 0 bridgehead atoms. The van der Waals surface area contributed by atoms with Crippen LogP contribution in [0.15, 0.2) is 24.3 Å². The first-order chi connectivity index (χ1) is 9.49. The van der Waals surface area contributed by atoms with E-state index in [4.69, 9.17) is 0 Å². The fraction of sp³-hybridized carbons (Fsp3) is 0.667. The summed E-state index contributed by atoms with van der Waals surface area (Å²) in [6, 6.07) is 9.81. The number of hydrogen-bond acceptors (Lipinski definition) is 2. The molecule has 2 unspecified atom stereocenters. The SMILES string of the molecule is CCC(CC)C(CNC(C)c1cccc(C)c1)N(C)C. The summed E-state index contributed by atoms with van der Waals surface area (Å²) in [5, 5.41) is 3.72. The van der Waals surface area contributed by atoms with Crippen molar-refractivity contribution >= 4 is 0 Å². The maximum Gasteiger partial charge on any atom is 0.0292 e. The lowest BCUT2D eigenvalue weighted by molar-refractivity contribution is 0.190. The lowest BCUT2D eigenvalue weighted by Crippen LogP contribution is -2.43. The van der Waals surface area contributed by atoms with E-state index in [1.807, 2.05) is 0 Å². The van der Waals surface area contributed by atoms with E-state index in [2.05, 4.69) is 76.3 Å². The van der Waals surface area contributed by atoms with E-state index in [-0.39, 0.29) is 0 Å². The highest BCUT2D eigenvalue weighted by atomic mass is 15.1. The molecule has 0 fully saturated rings. The summed E-state index contributed by atoms with van der Waals surface area (Å²) in [5.41, 5.74) is 2.72. The summed E-state index contributed by atoms with van der Waals surface area (Å²) in [7, 11) is 4.39. The molecule has 0 saturated carbocycles. The molecule has 0 heterocycles. The first-order valence-electron chi connectivity index (χ1n) is 7.95. The molecule has 2 atom stereocenters. The van der Waals surface area contributed by atoms with Gasteiger partial charge in [-0.25, -0.2) is 0 Å². The lowest BCUT2D eigenvalue weighted by Gasteiger charge is -2.32. The maximum absolute atomic E-state index is 3.72. The van der Waals surface area contributed by atoms with Crippen molar-refractivity contribution in [2.45, 2.75) is 52.6 Å². The zero-order valence-corrected chi connectivity index (χ0v) is 14.1. The summed E-state index contributed by atoms with van der Waals surface area (Å²) in [4.78, 5) is 2.37. The Kier molecular flexibility index (Phi) is 7.25. The molecule has 114 valence electrons. The fourth-order valence-electron chi connectivity index (χ4n) is 2.96. The molecule has 1 aromatic carbocycles. The molecule has 1 N–H and O–H groups in total. The lowest BCUT2D eigenvalue weighted by atomic mass is 9.93. The van der Waals surface area contributed by atoms with Crippen LogP contribution in [-0.4, -0.2) is 31.6 Å². The van der Waals surface area contributed by atoms with Gasteiger partial charge in [0, 0.05) is 18.6 Å². The van der Waals surface area contributed by atoms with Crippen LogP contribution < -0.4 is 5.32 Å². The zero-order chi connectivity index (χ0) is 15.1. The van der Waals surface area contributed by atoms with E-state index in [9.17, 15) is 0 Å². The van der Waals surface area contributed by atoms with Crippen molar-refractivity contribution in [2.24, 2.45) is 5.92 Å². The van der Waals surface area contributed by atoms with E-state index in [0.717, 1.165) is 12.5 Å². The Labute approximate surface area is 125 Å². The molecular formula is C18H32N2. The smallest absolute Gasteiger partial charge is 0.0292 e. The average Bonchev–Trinajstić information content (AvgIpc) is 2.42. The number of nitrogens with one attached hydrogen (secondary N) is 1. The number of benzene rings is 1. The second-order valence-corrected chi connectivity index (χ2v) is 6.15. The van der Waals surface area contributed by atoms with Crippen LogP contribution in [0.2, 0.25) is 0 Å². The van der Waals surface area contributed by atoms with Crippen molar-refractivity contribution in [1.82, 2.24) is 10.2 Å². The van der Waals surface area contributed by atoms with Gasteiger partial charge in [0.25, 0.3) is 0 Å². The normalized spacial score (nSPS) is 14.8. The van der Waals surface area contributed by atoms with Crippen molar-refractivity contribution in [3.8, 4) is 0 Å². The fourth-order valence-corrected chi connectivity index (χ4v) is 2.96. The number of hydrogen-bond donors (Lipinski definition) is 1. The van der Waals surface area contributed by atoms with E-state index < -0.39 is 0 Å². The van der Waals surface area contributed by atoms with E-state index in [0.29, 0.717) is 12.1 Å². The van der Waals surface area contributed by atoms with Gasteiger partial charge in [-0.15, -0.1) is 0 Å². The number of likely N-dealkylation sites (N-methyl/N-ethyl adjacent to an activating group) is 1. The molecule has 0 aliphatic rings. The number of rotatable bonds is 8. The zero-order valence-electron chi connectivity index (χ0n) is 14.1. The van der Waals surface area contributed by atoms with Gasteiger partial charge in [0.1, 0.15) is 0 Å². The van der Waals surface area contributed by atoms with Crippen molar-refractivity contribution in [3.63, 3.8) is 0 Å². The predicted octanol–water partition coefficient (Wildman–Crippen LogP) is 4.01. The highest BCUT2D eigenvalue weighted by molar-refractivity contribution is 5.24. The van der Waals surface area contributed by atoms with Crippen LogP contribution in [0, 0.1) is 12.8 Å². The number of aryl methyl sites for hydroxylation is 1. The Hall–Kier alpha value is -0.860. The molecular weight excluding hydrogens is 244 g/mol. The molecule has 0 spiro atoms. The van der Waals surface area contributed by atoms with Crippen molar-refractivity contribution in [1.29, 1.82) is 0 Å². The van der Waals surface area contributed by atoms with Gasteiger partial charge >= 0.3 is 0 Å². The van der Waals surface area contributed by atoms with Gasteiger partial charge in [0.15, 0.2) is 0 Å². The quantitative estimate of drug-likeness (QED) is 0.771. The molecule has 1 rings (SSSR count). The molecule has 2 nitrogen and oxygen atoms in total. The maximum atomic E-state index is 3.72. The van der Waals surface area contributed by atoms with Gasteiger partial charge in [0.05, 0.1) is 0 Å². The Morgan fingerprint density at radius 2 is 1.80 bits per heavy atom. The highest BCUT2D eigenvalue weighted by Crippen LogP contribution is 2.18. The van der Waals surface area contributed by atoms with Gasteiger partial charge < -0.3 is 10.2 Å². The third-order valence-electron chi connectivity index (χ3n) is 4.43. The van der Waals surface area contributed by atoms with E-state index in [1.54, 1.807) is 0 Å². The summed E-state index contributed by atoms with van der Waals surface area (Å²) in [5.74, 6) is 0.766. The summed E-state index contributed by atoms with van der Waals surface area (Å²) < 4.78 is 0. The van der Waals surface area contributed by atoms with E-state index >= 15 is 0 Å². The van der Waals surface area contributed by atoms with Crippen LogP contribution in [0.3, 0.4) is 0 Å². The van der Waals surface area contributed by atoms with E-state index in [1.165, 1.54) is 24.0 Å². The van der Waals surface area contributed by atoms with Crippen molar-refractivity contribution in [3.05, 3.63) is 35.4 Å². The molecule has 0 aromatic heterocycles. The monoisotopic (exact) mass is 276 g/mol. The summed E-state index contributed by atoms with van der Waals surface area (Å²) >= 11 is 0. The Balaban J connectivity index is 2.63. The van der Waals surface area contributed by atoms with Crippen molar-refractivity contribution < 1.29 is 0 Å². The second kappa shape index (κ2) is 8.43. The molecule has 0 radical (unpaired) electrons. The molecule has 0 aliphatic heterocycles. The second-order valence-electron chi connectivity index (χ2n) is 6.15. The van der Waals surface area contributed by atoms with Gasteiger partial charge in [0.2, 0.25) is 0 Å². The van der Waals surface area contributed by atoms with Gasteiger partial charge in [-0.3, -0.25) is 0 Å². The molecule has 0 aliphatic carbocycles. The third-order valence-corrected chi connectivity index (χ3v) is 4.43. The van der Waals surface area contributed by atoms with Gasteiger partial charge in [-0.2, -0.15) is 0 Å². The van der Waals surface area contributed by atoms with Crippen LogP contribution in [0.25, 0.3) is 0 Å². The first kappa shape index (κ1) is 17.2. The molecule has 0 amide bonds. The molecule has 1 aromatic rings. The highest BCUT2D eigenvalue weighted by Gasteiger charge is 2.21. The third kappa shape index (κ3) is 4.92. The van der Waals surface area contributed by atoms with Crippen LogP contribution in [0.1, 0.15) is 50.8 Å². The standard InChI is InChI=1S/C18H32N2/c1-7-16(8-2)18(20(5)6)13-19-15(4)17-11-9-10-14(3)12-17/h9-12,15-16,18-19H,7-8,13H2,1-6H3. The largest absolute Gasteiger partial charge is 0.309 e. The minimum absolute atomic E-state index is 0.409. The van der Waals surface area contributed by atoms with Crippen LogP contribution in [-0.2, 0) is 0 Å². The average molecular weight is 276 g/mol. The van der Waals surface area contributed by atoms with Crippen LogP contribution in [0.4, 0.5) is 0 Å². The van der Waals surface area contributed by atoms with Crippen LogP contribution in [0.5, 0.6) is 0 Å².